The normalized spacial score (nSPS) is 12.1. The highest BCUT2D eigenvalue weighted by Gasteiger charge is 2.21. The first kappa shape index (κ1) is 34.3. The van der Waals surface area contributed by atoms with Gasteiger partial charge in [0, 0.05) is 58.3 Å². The Bertz CT molecular complexity index is 3450. The Morgan fingerprint density at radius 2 is 0.966 bits per heavy atom. The van der Waals surface area contributed by atoms with Crippen molar-refractivity contribution < 1.29 is 4.42 Å². The number of rotatable bonds is 7. The first-order valence-electron chi connectivity index (χ1n) is 19.3. The van der Waals surface area contributed by atoms with Gasteiger partial charge in [0.1, 0.15) is 17.0 Å². The van der Waals surface area contributed by atoms with Crippen LogP contribution in [0.5, 0.6) is 0 Å². The van der Waals surface area contributed by atoms with Crippen LogP contribution in [0.3, 0.4) is 0 Å². The lowest BCUT2D eigenvalue weighted by Crippen LogP contribution is -2.02. The molecule has 0 fully saturated rings. The van der Waals surface area contributed by atoms with Crippen molar-refractivity contribution in [2.24, 2.45) is 9.98 Å². The van der Waals surface area contributed by atoms with Crippen LogP contribution in [0.15, 0.2) is 190 Å². The quantitative estimate of drug-likeness (QED) is 0.149. The molecule has 11 rings (SSSR count). The van der Waals surface area contributed by atoms with Gasteiger partial charge in [-0.1, -0.05) is 133 Å². The van der Waals surface area contributed by atoms with E-state index in [-0.39, 0.29) is 0 Å². The standard InChI is InChI=1S/C53H34N2OS2/c1-54-49(51-50(55-2)45-31-37(26-27-46(45)56-51)40-21-11-23-44-42-19-4-6-25-48(42)58-53(40)44)38-17-9-15-35(30-38)33-13-7-12-32(28-33)34-14-8-16-36(29-34)39-20-10-22-43-41-18-3-5-24-47(41)57-52(39)43/h3-31H,2H2,1H3/b54-49-. The largest absolute Gasteiger partial charge is 0.452 e. The second kappa shape index (κ2) is 13.9. The van der Waals surface area contributed by atoms with E-state index in [1.165, 1.54) is 62.6 Å². The summed E-state index contributed by atoms with van der Waals surface area (Å²) in [5, 5.41) is 6.10. The van der Waals surface area contributed by atoms with Crippen molar-refractivity contribution in [2.45, 2.75) is 0 Å². The number of furan rings is 1. The Morgan fingerprint density at radius 1 is 0.466 bits per heavy atom. The maximum Gasteiger partial charge on any atom is 0.179 e. The summed E-state index contributed by atoms with van der Waals surface area (Å²) in [6, 6.07) is 63.1. The van der Waals surface area contributed by atoms with Crippen molar-refractivity contribution in [3.63, 3.8) is 0 Å². The van der Waals surface area contributed by atoms with Crippen LogP contribution < -0.4 is 0 Å². The maximum atomic E-state index is 6.58. The van der Waals surface area contributed by atoms with Crippen LogP contribution in [0, 0.1) is 0 Å². The van der Waals surface area contributed by atoms with E-state index in [4.69, 9.17) is 9.41 Å². The molecule has 0 aliphatic heterocycles. The molecule has 0 aliphatic carbocycles. The fourth-order valence-corrected chi connectivity index (χ4v) is 10.9. The Balaban J connectivity index is 0.938. The Hall–Kier alpha value is -6.92. The summed E-state index contributed by atoms with van der Waals surface area (Å²) in [6.45, 7) is 4.00. The molecular formula is C53H34N2OS2. The van der Waals surface area contributed by atoms with Gasteiger partial charge in [-0.15, -0.1) is 22.7 Å². The lowest BCUT2D eigenvalue weighted by molar-refractivity contribution is 0.606. The van der Waals surface area contributed by atoms with Gasteiger partial charge in [-0.05, 0) is 93.7 Å². The van der Waals surface area contributed by atoms with Crippen LogP contribution in [-0.2, 0) is 0 Å². The summed E-state index contributed by atoms with van der Waals surface area (Å²) in [6.07, 6.45) is 0. The molecule has 0 atom stereocenters. The third kappa shape index (κ3) is 5.62. The van der Waals surface area contributed by atoms with Gasteiger partial charge in [0.15, 0.2) is 5.76 Å². The number of hydrogen-bond donors (Lipinski definition) is 0. The van der Waals surface area contributed by atoms with Gasteiger partial charge in [0.05, 0.1) is 0 Å². The van der Waals surface area contributed by atoms with Crippen molar-refractivity contribution in [3.05, 3.63) is 187 Å². The predicted molar refractivity (Wildman–Crippen MR) is 251 cm³/mol. The molecule has 0 radical (unpaired) electrons. The average Bonchev–Trinajstić information content (AvgIpc) is 3.98. The lowest BCUT2D eigenvalue weighted by atomic mass is 9.94. The zero-order valence-electron chi connectivity index (χ0n) is 31.6. The Morgan fingerprint density at radius 3 is 1.57 bits per heavy atom. The average molecular weight is 779 g/mol. The Kier molecular flexibility index (Phi) is 8.24. The fourth-order valence-electron chi connectivity index (χ4n) is 8.47. The topological polar surface area (TPSA) is 37.9 Å². The number of fused-ring (bicyclic) bond motifs is 7. The molecule has 0 amide bonds. The fraction of sp³-hybridized carbons (Fsp3) is 0.0189. The van der Waals surface area contributed by atoms with Crippen molar-refractivity contribution in [3.8, 4) is 44.5 Å². The first-order chi connectivity index (χ1) is 28.6. The van der Waals surface area contributed by atoms with Gasteiger partial charge in [-0.3, -0.25) is 9.98 Å². The van der Waals surface area contributed by atoms with Crippen molar-refractivity contribution in [2.75, 3.05) is 7.05 Å². The summed E-state index contributed by atoms with van der Waals surface area (Å²) in [7, 11) is 1.81. The summed E-state index contributed by atoms with van der Waals surface area (Å²) in [5.74, 6) is 0.612. The summed E-state index contributed by atoms with van der Waals surface area (Å²) in [5.41, 5.74) is 12.5. The molecule has 0 N–H and O–H groups in total. The van der Waals surface area contributed by atoms with Crippen molar-refractivity contribution in [1.82, 2.24) is 0 Å². The van der Waals surface area contributed by atoms with E-state index in [9.17, 15) is 0 Å². The number of hydrogen-bond acceptors (Lipinski definition) is 5. The molecular weight excluding hydrogens is 745 g/mol. The van der Waals surface area contributed by atoms with Gasteiger partial charge in [-0.2, -0.15) is 0 Å². The maximum absolute atomic E-state index is 6.58. The summed E-state index contributed by atoms with van der Waals surface area (Å²) < 4.78 is 11.8. The SMILES string of the molecule is C=Nc1c(/C(=N\C)c2cccc(-c3cccc(-c4cccc(-c5cccc6c5sc5ccccc56)c4)c3)c2)oc2ccc(-c3cccc4c3sc3ccccc34)cc12. The third-order valence-electron chi connectivity index (χ3n) is 11.2. The van der Waals surface area contributed by atoms with Gasteiger partial charge in [0.25, 0.3) is 0 Å². The second-order valence-electron chi connectivity index (χ2n) is 14.5. The zero-order valence-corrected chi connectivity index (χ0v) is 33.2. The molecule has 0 saturated heterocycles. The lowest BCUT2D eigenvalue weighted by Gasteiger charge is -2.11. The highest BCUT2D eigenvalue weighted by atomic mass is 32.1. The molecule has 3 nitrogen and oxygen atoms in total. The van der Waals surface area contributed by atoms with E-state index in [1.54, 1.807) is 0 Å². The van der Waals surface area contributed by atoms with Crippen molar-refractivity contribution in [1.29, 1.82) is 0 Å². The number of nitrogens with zero attached hydrogens (tertiary/aromatic N) is 2. The minimum Gasteiger partial charge on any atom is -0.452 e. The Labute approximate surface area is 343 Å². The van der Waals surface area contributed by atoms with Crippen LogP contribution >= 0.6 is 22.7 Å². The molecule has 5 heteroatoms. The smallest absolute Gasteiger partial charge is 0.179 e. The molecule has 0 spiro atoms. The molecule has 3 heterocycles. The van der Waals surface area contributed by atoms with E-state index in [0.717, 1.165) is 44.5 Å². The summed E-state index contributed by atoms with van der Waals surface area (Å²) in [4.78, 5) is 9.34. The van der Waals surface area contributed by atoms with Crippen LogP contribution in [0.4, 0.5) is 5.69 Å². The van der Waals surface area contributed by atoms with Gasteiger partial charge >= 0.3 is 0 Å². The van der Waals surface area contributed by atoms with Crippen molar-refractivity contribution >= 4 is 92.1 Å². The van der Waals surface area contributed by atoms with E-state index in [2.05, 4.69) is 182 Å². The minimum absolute atomic E-state index is 0.612. The van der Waals surface area contributed by atoms with E-state index < -0.39 is 0 Å². The second-order valence-corrected chi connectivity index (χ2v) is 16.6. The van der Waals surface area contributed by atoms with Gasteiger partial charge < -0.3 is 4.42 Å². The number of benzene rings is 8. The van der Waals surface area contributed by atoms with Crippen LogP contribution in [0.2, 0.25) is 0 Å². The predicted octanol–water partition coefficient (Wildman–Crippen LogP) is 15.6. The van der Waals surface area contributed by atoms with Gasteiger partial charge in [0.2, 0.25) is 0 Å². The van der Waals surface area contributed by atoms with Crippen LogP contribution in [-0.4, -0.2) is 19.5 Å². The highest BCUT2D eigenvalue weighted by Crippen LogP contribution is 2.44. The monoisotopic (exact) mass is 778 g/mol. The van der Waals surface area contributed by atoms with E-state index in [0.29, 0.717) is 11.4 Å². The zero-order chi connectivity index (χ0) is 38.7. The van der Waals surface area contributed by atoms with Crippen LogP contribution in [0.1, 0.15) is 11.3 Å². The van der Waals surface area contributed by atoms with Gasteiger partial charge in [-0.25, -0.2) is 0 Å². The first-order valence-corrected chi connectivity index (χ1v) is 20.9. The number of aliphatic imine (C=N–C) groups is 2. The minimum atomic E-state index is 0.612. The van der Waals surface area contributed by atoms with E-state index >= 15 is 0 Å². The molecule has 0 unspecified atom stereocenters. The molecule has 0 bridgehead atoms. The molecule has 3 aromatic heterocycles. The molecule has 0 aliphatic rings. The molecule has 11 aromatic rings. The van der Waals surface area contributed by atoms with Crippen LogP contribution in [0.25, 0.3) is 95.8 Å². The third-order valence-corrected chi connectivity index (χ3v) is 13.7. The molecule has 8 aromatic carbocycles. The van der Waals surface area contributed by atoms with E-state index in [1.807, 2.05) is 35.8 Å². The molecule has 274 valence electrons. The molecule has 0 saturated carbocycles. The summed E-state index contributed by atoms with van der Waals surface area (Å²) >= 11 is 3.70. The highest BCUT2D eigenvalue weighted by molar-refractivity contribution is 7.26. The number of thiophene rings is 2. The molecule has 58 heavy (non-hydrogen) atoms.